The van der Waals surface area contributed by atoms with Crippen molar-refractivity contribution < 1.29 is 29.1 Å². The molecule has 5 N–H and O–H groups in total. The number of carbonyl (C=O) groups excluding carboxylic acids is 4. The lowest BCUT2D eigenvalue weighted by molar-refractivity contribution is -0.138. The van der Waals surface area contributed by atoms with Crippen molar-refractivity contribution in [1.29, 1.82) is 0 Å². The third kappa shape index (κ3) is 8.43. The van der Waals surface area contributed by atoms with Crippen molar-refractivity contribution in [2.45, 2.75) is 12.5 Å². The van der Waals surface area contributed by atoms with E-state index in [1.165, 1.54) is 0 Å². The monoisotopic (exact) mass is 364 g/mol. The van der Waals surface area contributed by atoms with Gasteiger partial charge in [0, 0.05) is 6.42 Å². The Morgan fingerprint density at radius 3 is 2.27 bits per heavy atom. The summed E-state index contributed by atoms with van der Waals surface area (Å²) in [6.07, 6.45) is 0.501. The Hall–Kier alpha value is -3.43. The standard InChI is InChI=1S/C16H20N4O6/c21-10-17-7-13(22)18-8-14(23)20-12(16(26)19-9-15(24)25)6-11-4-2-1-3-5-11/h1-5,10,12H,6-9H2,(H,17,21)(H,18,22)(H,19,26)(H,20,23)(H,24,25). The Morgan fingerprint density at radius 2 is 1.65 bits per heavy atom. The second-order valence-electron chi connectivity index (χ2n) is 5.20. The van der Waals surface area contributed by atoms with Crippen LogP contribution in [0.3, 0.4) is 0 Å². The van der Waals surface area contributed by atoms with Crippen molar-refractivity contribution >= 4 is 30.1 Å². The molecule has 0 fully saturated rings. The number of carboxylic acids is 1. The Balaban J connectivity index is 2.63. The van der Waals surface area contributed by atoms with E-state index in [0.717, 1.165) is 5.56 Å². The van der Waals surface area contributed by atoms with Gasteiger partial charge in [0.05, 0.1) is 13.1 Å². The van der Waals surface area contributed by atoms with E-state index < -0.39 is 42.8 Å². The van der Waals surface area contributed by atoms with Gasteiger partial charge in [0.15, 0.2) is 0 Å². The van der Waals surface area contributed by atoms with Crippen molar-refractivity contribution in [3.8, 4) is 0 Å². The summed E-state index contributed by atoms with van der Waals surface area (Å²) in [7, 11) is 0. The minimum absolute atomic E-state index is 0.151. The largest absolute Gasteiger partial charge is 0.480 e. The van der Waals surface area contributed by atoms with Crippen LogP contribution in [0.2, 0.25) is 0 Å². The second kappa shape index (κ2) is 11.2. The first-order valence-electron chi connectivity index (χ1n) is 7.69. The van der Waals surface area contributed by atoms with Gasteiger partial charge in [-0.05, 0) is 5.56 Å². The van der Waals surface area contributed by atoms with Crippen molar-refractivity contribution in [1.82, 2.24) is 21.3 Å². The van der Waals surface area contributed by atoms with Crippen LogP contribution >= 0.6 is 0 Å². The molecule has 1 unspecified atom stereocenters. The van der Waals surface area contributed by atoms with E-state index in [1.807, 2.05) is 0 Å². The number of nitrogens with one attached hydrogen (secondary N) is 4. The van der Waals surface area contributed by atoms with Gasteiger partial charge in [-0.25, -0.2) is 0 Å². The molecule has 4 amide bonds. The predicted octanol–water partition coefficient (Wildman–Crippen LogP) is -2.22. The molecule has 0 spiro atoms. The Kier molecular flexibility index (Phi) is 8.87. The second-order valence-corrected chi connectivity index (χ2v) is 5.20. The van der Waals surface area contributed by atoms with Gasteiger partial charge < -0.3 is 26.4 Å². The third-order valence-electron chi connectivity index (χ3n) is 3.14. The zero-order chi connectivity index (χ0) is 19.4. The number of hydrogen-bond donors (Lipinski definition) is 5. The number of aliphatic carboxylic acids is 1. The molecule has 0 saturated heterocycles. The number of rotatable bonds is 11. The fraction of sp³-hybridized carbons (Fsp3) is 0.312. The molecule has 1 aromatic carbocycles. The molecule has 1 atom stereocenters. The Morgan fingerprint density at radius 1 is 0.962 bits per heavy atom. The van der Waals surface area contributed by atoms with Crippen LogP contribution in [-0.4, -0.2) is 60.9 Å². The van der Waals surface area contributed by atoms with Crippen molar-refractivity contribution in [2.24, 2.45) is 0 Å². The van der Waals surface area contributed by atoms with E-state index >= 15 is 0 Å². The van der Waals surface area contributed by atoms with Gasteiger partial charge in [0.25, 0.3) is 0 Å². The number of benzene rings is 1. The smallest absolute Gasteiger partial charge is 0.322 e. The SMILES string of the molecule is O=CNCC(=O)NCC(=O)NC(Cc1ccccc1)C(=O)NCC(=O)O. The van der Waals surface area contributed by atoms with Crippen molar-refractivity contribution in [3.63, 3.8) is 0 Å². The number of carbonyl (C=O) groups is 5. The molecule has 0 aliphatic rings. The van der Waals surface area contributed by atoms with Gasteiger partial charge in [-0.15, -0.1) is 0 Å². The molecule has 140 valence electrons. The van der Waals surface area contributed by atoms with Crippen LogP contribution in [0.4, 0.5) is 0 Å². The maximum absolute atomic E-state index is 12.1. The Bertz CT molecular complexity index is 649. The highest BCUT2D eigenvalue weighted by Gasteiger charge is 2.21. The van der Waals surface area contributed by atoms with Crippen molar-refractivity contribution in [3.05, 3.63) is 35.9 Å². The first kappa shape index (κ1) is 20.6. The molecule has 0 radical (unpaired) electrons. The van der Waals surface area contributed by atoms with Crippen LogP contribution in [0.15, 0.2) is 30.3 Å². The zero-order valence-electron chi connectivity index (χ0n) is 13.9. The van der Waals surface area contributed by atoms with E-state index in [1.54, 1.807) is 30.3 Å². The van der Waals surface area contributed by atoms with Crippen LogP contribution in [0, 0.1) is 0 Å². The zero-order valence-corrected chi connectivity index (χ0v) is 13.9. The minimum Gasteiger partial charge on any atom is -0.480 e. The lowest BCUT2D eigenvalue weighted by Gasteiger charge is -2.18. The summed E-state index contributed by atoms with van der Waals surface area (Å²) in [5.74, 6) is -3.06. The first-order chi connectivity index (χ1) is 12.4. The first-order valence-corrected chi connectivity index (χ1v) is 7.69. The average Bonchev–Trinajstić information content (AvgIpc) is 2.63. The van der Waals surface area contributed by atoms with E-state index in [0.29, 0.717) is 6.41 Å². The highest BCUT2D eigenvalue weighted by atomic mass is 16.4. The summed E-state index contributed by atoms with van der Waals surface area (Å²) in [4.78, 5) is 56.1. The van der Waals surface area contributed by atoms with Gasteiger partial charge in [0.1, 0.15) is 12.6 Å². The maximum atomic E-state index is 12.1. The molecular weight excluding hydrogens is 344 g/mol. The van der Waals surface area contributed by atoms with Gasteiger partial charge in [-0.3, -0.25) is 24.0 Å². The molecule has 1 aromatic rings. The summed E-state index contributed by atoms with van der Waals surface area (Å²) < 4.78 is 0. The van der Waals surface area contributed by atoms with Crippen molar-refractivity contribution in [2.75, 3.05) is 19.6 Å². The van der Waals surface area contributed by atoms with E-state index in [9.17, 15) is 24.0 Å². The van der Waals surface area contributed by atoms with E-state index in [2.05, 4.69) is 21.3 Å². The number of amides is 4. The highest BCUT2D eigenvalue weighted by Crippen LogP contribution is 2.03. The Labute approximate surface area is 149 Å². The maximum Gasteiger partial charge on any atom is 0.322 e. The summed E-state index contributed by atoms with van der Waals surface area (Å²) in [5, 5.41) is 17.7. The van der Waals surface area contributed by atoms with Crippen LogP contribution < -0.4 is 21.3 Å². The molecular formula is C16H20N4O6. The molecule has 10 nitrogen and oxygen atoms in total. The quantitative estimate of drug-likeness (QED) is 0.280. The molecule has 0 bridgehead atoms. The van der Waals surface area contributed by atoms with E-state index in [-0.39, 0.29) is 13.0 Å². The molecule has 1 rings (SSSR count). The molecule has 26 heavy (non-hydrogen) atoms. The summed E-state index contributed by atoms with van der Waals surface area (Å²) in [5.41, 5.74) is 0.766. The topological polar surface area (TPSA) is 154 Å². The molecule has 0 aliphatic carbocycles. The fourth-order valence-electron chi connectivity index (χ4n) is 1.97. The highest BCUT2D eigenvalue weighted by molar-refractivity contribution is 5.91. The van der Waals surface area contributed by atoms with Crippen LogP contribution in [-0.2, 0) is 30.4 Å². The minimum atomic E-state index is -1.21. The molecule has 0 aromatic heterocycles. The van der Waals surface area contributed by atoms with Gasteiger partial charge in [-0.1, -0.05) is 30.3 Å². The molecule has 0 saturated carbocycles. The molecule has 0 heterocycles. The van der Waals surface area contributed by atoms with Gasteiger partial charge >= 0.3 is 5.97 Å². The predicted molar refractivity (Wildman–Crippen MR) is 89.8 cm³/mol. The van der Waals surface area contributed by atoms with Crippen LogP contribution in [0.5, 0.6) is 0 Å². The number of hydrogen-bond acceptors (Lipinski definition) is 5. The molecule has 0 aliphatic heterocycles. The normalized spacial score (nSPS) is 10.9. The van der Waals surface area contributed by atoms with Crippen LogP contribution in [0.25, 0.3) is 0 Å². The van der Waals surface area contributed by atoms with Crippen LogP contribution in [0.1, 0.15) is 5.56 Å². The summed E-state index contributed by atoms with van der Waals surface area (Å²) in [6.45, 7) is -1.24. The third-order valence-corrected chi connectivity index (χ3v) is 3.14. The number of carboxylic acid groups (broad SMARTS) is 1. The summed E-state index contributed by atoms with van der Waals surface area (Å²) >= 11 is 0. The average molecular weight is 364 g/mol. The van der Waals surface area contributed by atoms with Gasteiger partial charge in [0.2, 0.25) is 24.1 Å². The van der Waals surface area contributed by atoms with E-state index in [4.69, 9.17) is 5.11 Å². The fourth-order valence-corrected chi connectivity index (χ4v) is 1.97. The summed E-state index contributed by atoms with van der Waals surface area (Å²) in [6, 6.07) is 7.85. The lowest BCUT2D eigenvalue weighted by Crippen LogP contribution is -2.51. The van der Waals surface area contributed by atoms with Gasteiger partial charge in [-0.2, -0.15) is 0 Å². The lowest BCUT2D eigenvalue weighted by atomic mass is 10.1. The molecule has 10 heteroatoms.